The number of hydrogen-bond donors (Lipinski definition) is 1. The molecule has 0 aliphatic heterocycles. The molecular weight excluding hydrogens is 260 g/mol. The van der Waals surface area contributed by atoms with Crippen LogP contribution in [0.4, 0.5) is 0 Å². The minimum atomic E-state index is -0.215. The molecule has 1 aromatic heterocycles. The van der Waals surface area contributed by atoms with Crippen LogP contribution in [-0.4, -0.2) is 21.0 Å². The number of aliphatic hydroxyl groups is 1. The van der Waals surface area contributed by atoms with E-state index < -0.39 is 0 Å². The van der Waals surface area contributed by atoms with Crippen molar-refractivity contribution in [3.63, 3.8) is 0 Å². The number of aliphatic hydroxyl groups excluding tert-OH is 1. The first-order chi connectivity index (χ1) is 10.2. The van der Waals surface area contributed by atoms with E-state index in [4.69, 9.17) is 0 Å². The topological polar surface area (TPSA) is 38.0 Å². The SMILES string of the molecule is CCC1CCC(C(O)Cc2ccn(C(CC)CC)n2)CC1. The second-order valence-corrected chi connectivity index (χ2v) is 6.72. The Bertz CT molecular complexity index is 403. The third-order valence-electron chi connectivity index (χ3n) is 5.41. The third-order valence-corrected chi connectivity index (χ3v) is 5.41. The van der Waals surface area contributed by atoms with Crippen LogP contribution < -0.4 is 0 Å². The van der Waals surface area contributed by atoms with Gasteiger partial charge in [-0.25, -0.2) is 0 Å². The molecule has 3 nitrogen and oxygen atoms in total. The quantitative estimate of drug-likeness (QED) is 0.810. The molecular formula is C18H32N2O. The van der Waals surface area contributed by atoms with E-state index in [2.05, 4.69) is 42.8 Å². The maximum absolute atomic E-state index is 10.5. The fourth-order valence-corrected chi connectivity index (χ4v) is 3.71. The van der Waals surface area contributed by atoms with Crippen molar-refractivity contribution in [3.05, 3.63) is 18.0 Å². The number of rotatable bonds is 7. The lowest BCUT2D eigenvalue weighted by Gasteiger charge is -2.30. The van der Waals surface area contributed by atoms with Crippen molar-refractivity contribution in [2.45, 2.75) is 84.3 Å². The van der Waals surface area contributed by atoms with Crippen LogP contribution in [0.2, 0.25) is 0 Å². The molecule has 1 heterocycles. The van der Waals surface area contributed by atoms with Gasteiger partial charge in [0.25, 0.3) is 0 Å². The van der Waals surface area contributed by atoms with Crippen LogP contribution >= 0.6 is 0 Å². The summed E-state index contributed by atoms with van der Waals surface area (Å²) >= 11 is 0. The van der Waals surface area contributed by atoms with E-state index >= 15 is 0 Å². The van der Waals surface area contributed by atoms with Crippen LogP contribution in [0.25, 0.3) is 0 Å². The van der Waals surface area contributed by atoms with Crippen molar-refractivity contribution in [2.75, 3.05) is 0 Å². The van der Waals surface area contributed by atoms with Gasteiger partial charge in [0.2, 0.25) is 0 Å². The van der Waals surface area contributed by atoms with Crippen molar-refractivity contribution in [1.29, 1.82) is 0 Å². The zero-order valence-corrected chi connectivity index (χ0v) is 14.0. The molecule has 0 radical (unpaired) electrons. The standard InChI is InChI=1S/C18H32N2O/c1-4-14-7-9-15(10-8-14)18(21)13-16-11-12-20(19-16)17(5-2)6-3/h11-12,14-15,17-18,21H,4-10,13H2,1-3H3. The van der Waals surface area contributed by atoms with Crippen molar-refractivity contribution in [3.8, 4) is 0 Å². The van der Waals surface area contributed by atoms with Crippen molar-refractivity contribution < 1.29 is 5.11 Å². The molecule has 1 aliphatic rings. The average molecular weight is 292 g/mol. The Morgan fingerprint density at radius 2 is 1.86 bits per heavy atom. The van der Waals surface area contributed by atoms with Crippen molar-refractivity contribution in [1.82, 2.24) is 9.78 Å². The van der Waals surface area contributed by atoms with Crippen molar-refractivity contribution >= 4 is 0 Å². The fourth-order valence-electron chi connectivity index (χ4n) is 3.71. The summed E-state index contributed by atoms with van der Waals surface area (Å²) < 4.78 is 2.08. The summed E-state index contributed by atoms with van der Waals surface area (Å²) in [6.45, 7) is 6.69. The monoisotopic (exact) mass is 292 g/mol. The summed E-state index contributed by atoms with van der Waals surface area (Å²) in [4.78, 5) is 0. The maximum Gasteiger partial charge on any atom is 0.0650 e. The molecule has 3 heteroatoms. The molecule has 1 unspecified atom stereocenters. The van der Waals surface area contributed by atoms with Gasteiger partial charge in [-0.05, 0) is 43.6 Å². The van der Waals surface area contributed by atoms with Gasteiger partial charge in [-0.1, -0.05) is 40.0 Å². The summed E-state index contributed by atoms with van der Waals surface area (Å²) in [6, 6.07) is 2.58. The average Bonchev–Trinajstić information content (AvgIpc) is 2.97. The van der Waals surface area contributed by atoms with Gasteiger partial charge < -0.3 is 5.11 Å². The molecule has 2 rings (SSSR count). The molecule has 1 aromatic rings. The molecule has 0 bridgehead atoms. The molecule has 21 heavy (non-hydrogen) atoms. The Hall–Kier alpha value is -0.830. The molecule has 0 saturated heterocycles. The highest BCUT2D eigenvalue weighted by Gasteiger charge is 2.26. The largest absolute Gasteiger partial charge is 0.392 e. The number of nitrogens with zero attached hydrogens (tertiary/aromatic N) is 2. The molecule has 1 saturated carbocycles. The summed E-state index contributed by atoms with van der Waals surface area (Å²) in [7, 11) is 0. The van der Waals surface area contributed by atoms with Crippen LogP contribution in [0.5, 0.6) is 0 Å². The normalized spacial score (nSPS) is 24.4. The minimum absolute atomic E-state index is 0.215. The van der Waals surface area contributed by atoms with Gasteiger partial charge in [0.15, 0.2) is 0 Å². The van der Waals surface area contributed by atoms with E-state index in [0.717, 1.165) is 24.5 Å². The second-order valence-electron chi connectivity index (χ2n) is 6.72. The number of aromatic nitrogens is 2. The second kappa shape index (κ2) is 7.98. The Kier molecular flexibility index (Phi) is 6.28. The lowest BCUT2D eigenvalue weighted by Crippen LogP contribution is -2.27. The number of hydrogen-bond acceptors (Lipinski definition) is 2. The van der Waals surface area contributed by atoms with E-state index in [9.17, 15) is 5.11 Å². The predicted molar refractivity (Wildman–Crippen MR) is 87.3 cm³/mol. The summed E-state index contributed by atoms with van der Waals surface area (Å²) in [5.74, 6) is 1.37. The molecule has 1 atom stereocenters. The first-order valence-corrected chi connectivity index (χ1v) is 8.89. The smallest absolute Gasteiger partial charge is 0.0650 e. The van der Waals surface area contributed by atoms with Gasteiger partial charge in [-0.2, -0.15) is 5.10 Å². The predicted octanol–water partition coefficient (Wildman–Crippen LogP) is 4.36. The third kappa shape index (κ3) is 4.32. The van der Waals surface area contributed by atoms with Crippen LogP contribution in [0.3, 0.4) is 0 Å². The van der Waals surface area contributed by atoms with E-state index in [-0.39, 0.29) is 6.10 Å². The molecule has 0 spiro atoms. The highest BCUT2D eigenvalue weighted by molar-refractivity contribution is 5.02. The first kappa shape index (κ1) is 16.5. The summed E-state index contributed by atoms with van der Waals surface area (Å²) in [5.41, 5.74) is 1.05. The first-order valence-electron chi connectivity index (χ1n) is 8.89. The van der Waals surface area contributed by atoms with E-state index in [1.165, 1.54) is 32.1 Å². The summed E-state index contributed by atoms with van der Waals surface area (Å²) in [6.07, 6.45) is 11.1. The Balaban J connectivity index is 1.87. The lowest BCUT2D eigenvalue weighted by atomic mass is 9.77. The van der Waals surface area contributed by atoms with E-state index in [0.29, 0.717) is 18.4 Å². The van der Waals surface area contributed by atoms with Gasteiger partial charge in [-0.15, -0.1) is 0 Å². The zero-order valence-electron chi connectivity index (χ0n) is 14.0. The summed E-state index contributed by atoms with van der Waals surface area (Å²) in [5, 5.41) is 15.2. The van der Waals surface area contributed by atoms with Crippen LogP contribution in [-0.2, 0) is 6.42 Å². The molecule has 1 fully saturated rings. The highest BCUT2D eigenvalue weighted by Crippen LogP contribution is 2.33. The van der Waals surface area contributed by atoms with Gasteiger partial charge in [-0.3, -0.25) is 4.68 Å². The van der Waals surface area contributed by atoms with Crippen molar-refractivity contribution in [2.24, 2.45) is 11.8 Å². The maximum atomic E-state index is 10.5. The lowest BCUT2D eigenvalue weighted by molar-refractivity contribution is 0.0726. The Morgan fingerprint density at radius 1 is 1.19 bits per heavy atom. The molecule has 1 aliphatic carbocycles. The van der Waals surface area contributed by atoms with Gasteiger partial charge in [0, 0.05) is 12.6 Å². The molecule has 0 aromatic carbocycles. The highest BCUT2D eigenvalue weighted by atomic mass is 16.3. The zero-order chi connectivity index (χ0) is 15.2. The van der Waals surface area contributed by atoms with Gasteiger partial charge >= 0.3 is 0 Å². The van der Waals surface area contributed by atoms with Gasteiger partial charge in [0.05, 0.1) is 17.8 Å². The molecule has 120 valence electrons. The minimum Gasteiger partial charge on any atom is -0.392 e. The Labute approximate surface area is 129 Å². The Morgan fingerprint density at radius 3 is 2.43 bits per heavy atom. The molecule has 0 amide bonds. The van der Waals surface area contributed by atoms with Crippen LogP contribution in [0, 0.1) is 11.8 Å². The van der Waals surface area contributed by atoms with Crippen LogP contribution in [0.15, 0.2) is 12.3 Å². The molecule has 1 N–H and O–H groups in total. The van der Waals surface area contributed by atoms with Crippen LogP contribution in [0.1, 0.15) is 77.5 Å². The fraction of sp³-hybridized carbons (Fsp3) is 0.833. The van der Waals surface area contributed by atoms with E-state index in [1.807, 2.05) is 0 Å². The van der Waals surface area contributed by atoms with E-state index in [1.54, 1.807) is 0 Å². The van der Waals surface area contributed by atoms with Gasteiger partial charge in [0.1, 0.15) is 0 Å².